The van der Waals surface area contributed by atoms with Crippen LogP contribution in [0.2, 0.25) is 0 Å². The second-order valence-corrected chi connectivity index (χ2v) is 7.38. The Morgan fingerprint density at radius 1 is 0.304 bits per heavy atom. The average molecular weight is 284 g/mol. The van der Waals surface area contributed by atoms with E-state index in [1.165, 1.54) is 65.6 Å². The molecule has 0 radical (unpaired) electrons. The highest BCUT2D eigenvalue weighted by Gasteiger charge is 2.17. The molecule has 11 heteroatoms. The van der Waals surface area contributed by atoms with Crippen LogP contribution in [0.25, 0.3) is 0 Å². The van der Waals surface area contributed by atoms with Crippen LogP contribution in [0.3, 0.4) is 0 Å². The largest absolute Gasteiger partial charge is 0.189 e. The SMILES string of the molecule is Bc1c(B)c(B)c(Bc2c(B)c(B)c(B)c(B)c2B)c(B)c1B. The lowest BCUT2D eigenvalue weighted by atomic mass is 9.45. The van der Waals surface area contributed by atoms with E-state index in [0.29, 0.717) is 0 Å². The van der Waals surface area contributed by atoms with E-state index in [9.17, 15) is 0 Å². The molecule has 2 rings (SSSR count). The summed E-state index contributed by atoms with van der Waals surface area (Å²) in [5.74, 6) is 0. The smallest absolute Gasteiger partial charge is 0.102 e. The summed E-state index contributed by atoms with van der Waals surface area (Å²) in [6.45, 7) is 0. The summed E-state index contributed by atoms with van der Waals surface area (Å²) >= 11 is 0. The molecule has 0 aromatic heterocycles. The molecule has 0 unspecified atom stereocenters. The molecule has 0 fully saturated rings. The lowest BCUT2D eigenvalue weighted by Gasteiger charge is -2.24. The van der Waals surface area contributed by atoms with Gasteiger partial charge in [-0.2, -0.15) is 0 Å². The van der Waals surface area contributed by atoms with Gasteiger partial charge in [0.2, 0.25) is 0 Å². The van der Waals surface area contributed by atoms with Gasteiger partial charge in [-0.15, -0.1) is 54.6 Å². The summed E-state index contributed by atoms with van der Waals surface area (Å²) < 4.78 is 0. The van der Waals surface area contributed by atoms with Gasteiger partial charge in [-0.25, -0.2) is 0 Å². The van der Waals surface area contributed by atoms with Gasteiger partial charge in [0.05, 0.1) is 0 Å². The molecule has 2 aromatic rings. The van der Waals surface area contributed by atoms with Gasteiger partial charge in [0.15, 0.2) is 7.28 Å². The number of rotatable bonds is 2. The number of hydrogen-bond donors (Lipinski definition) is 0. The summed E-state index contributed by atoms with van der Waals surface area (Å²) in [4.78, 5) is 0. The van der Waals surface area contributed by atoms with Crippen molar-refractivity contribution in [2.24, 2.45) is 0 Å². The second-order valence-electron chi connectivity index (χ2n) is 7.38. The van der Waals surface area contributed by atoms with Crippen LogP contribution in [0.4, 0.5) is 0 Å². The molecule has 0 aliphatic heterocycles. The monoisotopic (exact) mass is 286 g/mol. The minimum absolute atomic E-state index is 1.05. The lowest BCUT2D eigenvalue weighted by Crippen LogP contribution is -2.70. The molecule has 0 bridgehead atoms. The molecule has 0 N–H and O–H groups in total. The van der Waals surface area contributed by atoms with Crippen LogP contribution in [-0.2, 0) is 0 Å². The van der Waals surface area contributed by atoms with E-state index in [4.69, 9.17) is 0 Å². The third-order valence-corrected chi connectivity index (χ3v) is 6.66. The minimum Gasteiger partial charge on any atom is -0.102 e. The van der Waals surface area contributed by atoms with Crippen LogP contribution in [0.1, 0.15) is 0 Å². The van der Waals surface area contributed by atoms with Crippen LogP contribution in [-0.4, -0.2) is 85.7 Å². The van der Waals surface area contributed by atoms with Crippen molar-refractivity contribution in [3.05, 3.63) is 0 Å². The summed E-state index contributed by atoms with van der Waals surface area (Å²) in [6, 6.07) is 0. The normalized spacial score (nSPS) is 10.6. The molecule has 2 aromatic carbocycles. The summed E-state index contributed by atoms with van der Waals surface area (Å²) in [6.07, 6.45) is 0. The first kappa shape index (κ1) is 18.5. The second kappa shape index (κ2) is 6.57. The Morgan fingerprint density at radius 3 is 0.696 bits per heavy atom. The van der Waals surface area contributed by atoms with Gasteiger partial charge in [-0.05, 0) is 0 Å². The van der Waals surface area contributed by atoms with Crippen LogP contribution in [0.15, 0.2) is 0 Å². The summed E-state index contributed by atoms with van der Waals surface area (Å²) in [5, 5.41) is 0. The van der Waals surface area contributed by atoms with Gasteiger partial charge in [0, 0.05) is 0 Å². The van der Waals surface area contributed by atoms with Gasteiger partial charge in [0.25, 0.3) is 0 Å². The molecule has 0 atom stereocenters. The van der Waals surface area contributed by atoms with Crippen molar-refractivity contribution >= 4 is 151 Å². The predicted octanol–water partition coefficient (Wildman–Crippen LogP) is -16.3. The summed E-state index contributed by atoms with van der Waals surface area (Å²) in [5.41, 5.74) is 17.7. The molecule has 0 aliphatic rings. The van der Waals surface area contributed by atoms with E-state index in [1.807, 2.05) is 0 Å². The number of benzene rings is 2. The van der Waals surface area contributed by atoms with E-state index in [1.54, 1.807) is 0 Å². The quantitative estimate of drug-likeness (QED) is 0.481. The van der Waals surface area contributed by atoms with Crippen molar-refractivity contribution in [3.63, 3.8) is 0 Å². The maximum atomic E-state index is 2.29. The fraction of sp³-hybridized carbons (Fsp3) is 0. The van der Waals surface area contributed by atoms with Crippen molar-refractivity contribution in [2.45, 2.75) is 0 Å². The van der Waals surface area contributed by atoms with Gasteiger partial charge in [-0.3, -0.25) is 0 Å². The van der Waals surface area contributed by atoms with Crippen molar-refractivity contribution < 1.29 is 0 Å². The first-order chi connectivity index (χ1) is 10.6. The molecule has 0 saturated carbocycles. The van der Waals surface area contributed by atoms with E-state index in [2.05, 4.69) is 78.5 Å². The first-order valence-corrected chi connectivity index (χ1v) is 8.71. The van der Waals surface area contributed by atoms with Crippen molar-refractivity contribution in [1.29, 1.82) is 0 Å². The van der Waals surface area contributed by atoms with Gasteiger partial charge < -0.3 is 0 Å². The Hall–Kier alpha value is -0.846. The standard InChI is InChI=1S/C12H21B11/c13-1-3(15)7(19)11(8(20)4(1)16)23-12-9(21)5(17)2(14)6(18)10(12)22/h23H,13-22H2. The van der Waals surface area contributed by atoms with Crippen molar-refractivity contribution in [3.8, 4) is 0 Å². The van der Waals surface area contributed by atoms with E-state index in [0.717, 1.165) is 7.28 Å². The Morgan fingerprint density at radius 2 is 0.478 bits per heavy atom. The highest BCUT2D eigenvalue weighted by atomic mass is 14.0. The van der Waals surface area contributed by atoms with Gasteiger partial charge >= 0.3 is 0 Å². The lowest BCUT2D eigenvalue weighted by molar-refractivity contribution is 2.08. The molecular formula is C12H21B11. The highest BCUT2D eigenvalue weighted by Crippen LogP contribution is 1.70. The molecule has 102 valence electrons. The predicted molar refractivity (Wildman–Crippen MR) is 141 cm³/mol. The van der Waals surface area contributed by atoms with Gasteiger partial charge in [-0.1, -0.05) is 10.9 Å². The third-order valence-electron chi connectivity index (χ3n) is 6.66. The zero-order chi connectivity index (χ0) is 17.6. The Balaban J connectivity index is 2.71. The van der Waals surface area contributed by atoms with E-state index < -0.39 is 0 Å². The summed E-state index contributed by atoms with van der Waals surface area (Å²) in [7, 11) is 23.8. The third kappa shape index (κ3) is 2.97. The fourth-order valence-corrected chi connectivity index (χ4v) is 3.86. The highest BCUT2D eigenvalue weighted by molar-refractivity contribution is 6.87. The molecule has 0 nitrogen and oxygen atoms in total. The molecule has 23 heavy (non-hydrogen) atoms. The minimum atomic E-state index is 1.05. The average Bonchev–Trinajstić information content (AvgIpc) is 2.54. The molecule has 0 heterocycles. The maximum absolute atomic E-state index is 2.29. The van der Waals surface area contributed by atoms with Crippen molar-refractivity contribution in [1.82, 2.24) is 0 Å². The first-order valence-electron chi connectivity index (χ1n) is 8.71. The Labute approximate surface area is 151 Å². The molecule has 0 saturated heterocycles. The Bertz CT molecular complexity index is 686. The van der Waals surface area contributed by atoms with Crippen LogP contribution in [0, 0.1) is 0 Å². The molecular weight excluding hydrogens is 263 g/mol. The molecule has 0 aliphatic carbocycles. The maximum Gasteiger partial charge on any atom is 0.189 e. The topological polar surface area (TPSA) is 0 Å². The molecule has 0 spiro atoms. The molecule has 0 amide bonds. The van der Waals surface area contributed by atoms with E-state index >= 15 is 0 Å². The Kier molecular flexibility index (Phi) is 5.29. The van der Waals surface area contributed by atoms with Crippen LogP contribution in [0.5, 0.6) is 0 Å². The number of hydrogen-bond acceptors (Lipinski definition) is 0. The fourth-order valence-electron chi connectivity index (χ4n) is 3.86. The zero-order valence-electron chi connectivity index (χ0n) is 16.7. The van der Waals surface area contributed by atoms with E-state index in [-0.39, 0.29) is 0 Å². The van der Waals surface area contributed by atoms with Crippen LogP contribution < -0.4 is 65.6 Å². The van der Waals surface area contributed by atoms with Crippen LogP contribution >= 0.6 is 0 Å². The van der Waals surface area contributed by atoms with Crippen molar-refractivity contribution in [2.75, 3.05) is 0 Å². The zero-order valence-corrected chi connectivity index (χ0v) is 16.7. The van der Waals surface area contributed by atoms with Gasteiger partial charge in [0.1, 0.15) is 78.5 Å².